The summed E-state index contributed by atoms with van der Waals surface area (Å²) in [6.07, 6.45) is 3.11. The van der Waals surface area contributed by atoms with Crippen molar-refractivity contribution in [2.45, 2.75) is 38.8 Å². The summed E-state index contributed by atoms with van der Waals surface area (Å²) in [5.74, 6) is 0.738. The smallest absolute Gasteiger partial charge is 0.0806 e. The molecule has 2 saturated heterocycles. The molecule has 0 aromatic carbocycles. The molecule has 0 spiro atoms. The van der Waals surface area contributed by atoms with Crippen LogP contribution in [-0.4, -0.2) is 23.8 Å². The lowest BCUT2D eigenvalue weighted by Gasteiger charge is -2.12. The Hall–Kier alpha value is -0.0800. The zero-order valence-electron chi connectivity index (χ0n) is 6.71. The lowest BCUT2D eigenvalue weighted by atomic mass is 9.97. The summed E-state index contributed by atoms with van der Waals surface area (Å²) >= 11 is 0. The standard InChI is InChI=1S/C8H15NO/c1-6-7(2)10-9-5-3-4-8(6)9/h6-8H,3-5H2,1-2H3/t6-,7-,8-/m1/s1. The van der Waals surface area contributed by atoms with E-state index in [-0.39, 0.29) is 0 Å². The topological polar surface area (TPSA) is 12.5 Å². The van der Waals surface area contributed by atoms with Crippen molar-refractivity contribution in [3.05, 3.63) is 0 Å². The van der Waals surface area contributed by atoms with E-state index < -0.39 is 0 Å². The fourth-order valence-corrected chi connectivity index (χ4v) is 2.04. The highest BCUT2D eigenvalue weighted by molar-refractivity contribution is 4.86. The Morgan fingerprint density at radius 3 is 2.90 bits per heavy atom. The summed E-state index contributed by atoms with van der Waals surface area (Å²) in [4.78, 5) is 5.63. The third-order valence-electron chi connectivity index (χ3n) is 2.90. The van der Waals surface area contributed by atoms with Crippen molar-refractivity contribution in [3.8, 4) is 0 Å². The molecule has 2 aliphatic rings. The maximum absolute atomic E-state index is 5.63. The molecule has 2 rings (SSSR count). The van der Waals surface area contributed by atoms with Crippen LogP contribution >= 0.6 is 0 Å². The van der Waals surface area contributed by atoms with E-state index in [1.54, 1.807) is 0 Å². The van der Waals surface area contributed by atoms with Gasteiger partial charge in [0.2, 0.25) is 0 Å². The van der Waals surface area contributed by atoms with Crippen LogP contribution in [-0.2, 0) is 4.84 Å². The quantitative estimate of drug-likeness (QED) is 0.506. The lowest BCUT2D eigenvalue weighted by Crippen LogP contribution is -2.23. The molecule has 2 fully saturated rings. The average molecular weight is 141 g/mol. The molecule has 3 atom stereocenters. The van der Waals surface area contributed by atoms with Crippen molar-refractivity contribution < 1.29 is 4.84 Å². The van der Waals surface area contributed by atoms with E-state index in [9.17, 15) is 0 Å². The molecule has 2 heteroatoms. The number of hydrogen-bond acceptors (Lipinski definition) is 2. The molecule has 0 bridgehead atoms. The highest BCUT2D eigenvalue weighted by Gasteiger charge is 2.40. The molecule has 0 radical (unpaired) electrons. The van der Waals surface area contributed by atoms with E-state index in [1.807, 2.05) is 0 Å². The first kappa shape index (κ1) is 6.62. The maximum Gasteiger partial charge on any atom is 0.0806 e. The van der Waals surface area contributed by atoms with Crippen LogP contribution < -0.4 is 0 Å². The van der Waals surface area contributed by atoms with E-state index in [2.05, 4.69) is 18.9 Å². The summed E-state index contributed by atoms with van der Waals surface area (Å²) < 4.78 is 0. The predicted octanol–water partition coefficient (Wildman–Crippen LogP) is 1.42. The second kappa shape index (κ2) is 2.21. The highest BCUT2D eigenvalue weighted by Crippen LogP contribution is 2.34. The number of hydroxylamine groups is 2. The van der Waals surface area contributed by atoms with Gasteiger partial charge in [-0.05, 0) is 19.8 Å². The number of hydrogen-bond donors (Lipinski definition) is 0. The van der Waals surface area contributed by atoms with Gasteiger partial charge in [-0.25, -0.2) is 0 Å². The van der Waals surface area contributed by atoms with Crippen molar-refractivity contribution in [1.29, 1.82) is 0 Å². The monoisotopic (exact) mass is 141 g/mol. The maximum atomic E-state index is 5.63. The molecule has 0 N–H and O–H groups in total. The molecule has 0 saturated carbocycles. The van der Waals surface area contributed by atoms with Crippen molar-refractivity contribution in [2.75, 3.05) is 6.54 Å². The van der Waals surface area contributed by atoms with Crippen LogP contribution in [0.4, 0.5) is 0 Å². The van der Waals surface area contributed by atoms with Gasteiger partial charge in [0.05, 0.1) is 6.10 Å². The average Bonchev–Trinajstić information content (AvgIpc) is 2.41. The van der Waals surface area contributed by atoms with Gasteiger partial charge in [-0.3, -0.25) is 4.84 Å². The van der Waals surface area contributed by atoms with Crippen LogP contribution in [0.15, 0.2) is 0 Å². The molecular weight excluding hydrogens is 126 g/mol. The molecule has 0 amide bonds. The van der Waals surface area contributed by atoms with Crippen LogP contribution in [0, 0.1) is 5.92 Å². The second-order valence-corrected chi connectivity index (χ2v) is 3.52. The van der Waals surface area contributed by atoms with Gasteiger partial charge < -0.3 is 0 Å². The van der Waals surface area contributed by atoms with Gasteiger partial charge in [-0.2, -0.15) is 5.06 Å². The van der Waals surface area contributed by atoms with Gasteiger partial charge in [0.15, 0.2) is 0 Å². The first-order valence-corrected chi connectivity index (χ1v) is 4.22. The predicted molar refractivity (Wildman–Crippen MR) is 39.4 cm³/mol. The molecule has 10 heavy (non-hydrogen) atoms. The molecule has 0 aliphatic carbocycles. The van der Waals surface area contributed by atoms with E-state index in [1.165, 1.54) is 12.8 Å². The van der Waals surface area contributed by atoms with Crippen molar-refractivity contribution >= 4 is 0 Å². The second-order valence-electron chi connectivity index (χ2n) is 3.52. The van der Waals surface area contributed by atoms with Crippen molar-refractivity contribution in [1.82, 2.24) is 5.06 Å². The summed E-state index contributed by atoms with van der Waals surface area (Å²) in [5.41, 5.74) is 0. The summed E-state index contributed by atoms with van der Waals surface area (Å²) in [7, 11) is 0. The normalized spacial score (nSPS) is 48.0. The fraction of sp³-hybridized carbons (Fsp3) is 1.00. The molecule has 0 aromatic rings. The molecule has 58 valence electrons. The Bertz CT molecular complexity index is 135. The van der Waals surface area contributed by atoms with Gasteiger partial charge in [0, 0.05) is 18.5 Å². The number of rotatable bonds is 0. The number of nitrogens with zero attached hydrogens (tertiary/aromatic N) is 1. The SMILES string of the molecule is C[C@H]1[C@H]2CCCN2O[C@@H]1C. The minimum Gasteiger partial charge on any atom is -0.295 e. The zero-order chi connectivity index (χ0) is 7.14. The third-order valence-corrected chi connectivity index (χ3v) is 2.90. The highest BCUT2D eigenvalue weighted by atomic mass is 16.7. The van der Waals surface area contributed by atoms with Crippen LogP contribution in [0.3, 0.4) is 0 Å². The van der Waals surface area contributed by atoms with Crippen molar-refractivity contribution in [2.24, 2.45) is 5.92 Å². The molecule has 2 heterocycles. The van der Waals surface area contributed by atoms with Crippen LogP contribution in [0.5, 0.6) is 0 Å². The molecule has 0 aromatic heterocycles. The van der Waals surface area contributed by atoms with E-state index in [4.69, 9.17) is 4.84 Å². The Balaban J connectivity index is 2.09. The molecule has 2 nitrogen and oxygen atoms in total. The zero-order valence-corrected chi connectivity index (χ0v) is 6.71. The molecule has 0 unspecified atom stereocenters. The van der Waals surface area contributed by atoms with Gasteiger partial charge in [0.25, 0.3) is 0 Å². The first-order chi connectivity index (χ1) is 4.79. The van der Waals surface area contributed by atoms with Crippen LogP contribution in [0.2, 0.25) is 0 Å². The Morgan fingerprint density at radius 1 is 1.40 bits per heavy atom. The third kappa shape index (κ3) is 0.789. The summed E-state index contributed by atoms with van der Waals surface area (Å²) in [5, 5.41) is 2.18. The minimum atomic E-state index is 0.449. The Labute approximate surface area is 62.1 Å². The molecular formula is C8H15NO. The number of fused-ring (bicyclic) bond motifs is 1. The Kier molecular flexibility index (Phi) is 1.46. The first-order valence-electron chi connectivity index (χ1n) is 4.22. The lowest BCUT2D eigenvalue weighted by molar-refractivity contribution is -0.142. The fourth-order valence-electron chi connectivity index (χ4n) is 2.04. The van der Waals surface area contributed by atoms with E-state index in [0.29, 0.717) is 6.10 Å². The molecule has 2 aliphatic heterocycles. The minimum absolute atomic E-state index is 0.449. The van der Waals surface area contributed by atoms with Gasteiger partial charge in [-0.15, -0.1) is 0 Å². The van der Waals surface area contributed by atoms with Gasteiger partial charge >= 0.3 is 0 Å². The summed E-state index contributed by atoms with van der Waals surface area (Å²) in [6.45, 7) is 5.61. The van der Waals surface area contributed by atoms with Crippen LogP contribution in [0.25, 0.3) is 0 Å². The Morgan fingerprint density at radius 2 is 2.20 bits per heavy atom. The van der Waals surface area contributed by atoms with Gasteiger partial charge in [0.1, 0.15) is 0 Å². The largest absolute Gasteiger partial charge is 0.295 e. The van der Waals surface area contributed by atoms with Gasteiger partial charge in [-0.1, -0.05) is 6.92 Å². The van der Waals surface area contributed by atoms with E-state index >= 15 is 0 Å². The summed E-state index contributed by atoms with van der Waals surface area (Å²) in [6, 6.07) is 0.731. The van der Waals surface area contributed by atoms with E-state index in [0.717, 1.165) is 18.5 Å². The van der Waals surface area contributed by atoms with Crippen molar-refractivity contribution in [3.63, 3.8) is 0 Å². The van der Waals surface area contributed by atoms with Crippen LogP contribution in [0.1, 0.15) is 26.7 Å².